The van der Waals surface area contributed by atoms with E-state index in [4.69, 9.17) is 11.5 Å². The second kappa shape index (κ2) is 5.31. The van der Waals surface area contributed by atoms with Gasteiger partial charge in [-0.15, -0.1) is 0 Å². The fourth-order valence-corrected chi connectivity index (χ4v) is 4.20. The molecule has 6 N–H and O–H groups in total. The Labute approximate surface area is 140 Å². The standard InChI is InChI=1S/C14H18N2O6S2/c1-13(23(17,18)19)7-9(15)3-5-11(13)12-6-4-10(16)8-14(12,2)24(20,21)22/h3-8H,15-16H2,1-2H3,(H,17,18,19)(H,20,21,22). The van der Waals surface area contributed by atoms with Gasteiger partial charge in [0.15, 0.2) is 0 Å². The number of hydrogen-bond donors (Lipinski definition) is 4. The first-order valence-corrected chi connectivity index (χ1v) is 9.62. The third-order valence-corrected chi connectivity index (χ3v) is 7.02. The highest BCUT2D eigenvalue weighted by Crippen LogP contribution is 2.42. The van der Waals surface area contributed by atoms with Crippen molar-refractivity contribution in [2.24, 2.45) is 11.5 Å². The molecule has 0 fully saturated rings. The summed E-state index contributed by atoms with van der Waals surface area (Å²) in [6.07, 6.45) is 7.53. The van der Waals surface area contributed by atoms with Crippen LogP contribution in [0.5, 0.6) is 0 Å². The third kappa shape index (κ3) is 2.71. The molecule has 0 bridgehead atoms. The molecule has 2 aliphatic carbocycles. The maximum atomic E-state index is 11.9. The summed E-state index contributed by atoms with van der Waals surface area (Å²) in [4.78, 5) is 0. The molecule has 0 saturated carbocycles. The summed E-state index contributed by atoms with van der Waals surface area (Å²) in [7, 11) is -9.39. The highest BCUT2D eigenvalue weighted by atomic mass is 32.2. The molecule has 0 aromatic heterocycles. The monoisotopic (exact) mass is 374 g/mol. The normalized spacial score (nSPS) is 34.0. The summed E-state index contributed by atoms with van der Waals surface area (Å²) in [6.45, 7) is 2.36. The molecule has 0 radical (unpaired) electrons. The lowest BCUT2D eigenvalue weighted by Gasteiger charge is -2.35. The zero-order valence-corrected chi connectivity index (χ0v) is 14.6. The van der Waals surface area contributed by atoms with Crippen LogP contribution in [0.25, 0.3) is 0 Å². The molecule has 10 heteroatoms. The van der Waals surface area contributed by atoms with E-state index in [9.17, 15) is 25.9 Å². The van der Waals surface area contributed by atoms with E-state index in [0.717, 1.165) is 12.2 Å². The van der Waals surface area contributed by atoms with Crippen molar-refractivity contribution in [3.8, 4) is 0 Å². The molecule has 24 heavy (non-hydrogen) atoms. The van der Waals surface area contributed by atoms with Gasteiger partial charge in [0.2, 0.25) is 0 Å². The molecule has 0 aromatic rings. The Balaban J connectivity index is 2.92. The fraction of sp³-hybridized carbons (Fsp3) is 0.286. The van der Waals surface area contributed by atoms with E-state index in [2.05, 4.69) is 0 Å². The van der Waals surface area contributed by atoms with Gasteiger partial charge in [0.05, 0.1) is 0 Å². The van der Waals surface area contributed by atoms with Gasteiger partial charge in [0.1, 0.15) is 9.49 Å². The Bertz CT molecular complexity index is 875. The van der Waals surface area contributed by atoms with Crippen molar-refractivity contribution >= 4 is 20.2 Å². The topological polar surface area (TPSA) is 161 Å². The number of hydrogen-bond acceptors (Lipinski definition) is 6. The van der Waals surface area contributed by atoms with Crippen molar-refractivity contribution in [2.75, 3.05) is 0 Å². The first-order valence-electron chi connectivity index (χ1n) is 6.74. The lowest BCUT2D eigenvalue weighted by atomic mass is 9.82. The third-order valence-electron chi connectivity index (χ3n) is 4.20. The van der Waals surface area contributed by atoms with Crippen LogP contribution >= 0.6 is 0 Å². The Morgan fingerprint density at radius 2 is 1.04 bits per heavy atom. The van der Waals surface area contributed by atoms with Gasteiger partial charge in [-0.2, -0.15) is 16.8 Å². The van der Waals surface area contributed by atoms with Crippen molar-refractivity contribution in [3.05, 3.63) is 59.0 Å². The van der Waals surface area contributed by atoms with Crippen LogP contribution in [0.2, 0.25) is 0 Å². The molecule has 2 rings (SSSR count). The zero-order valence-electron chi connectivity index (χ0n) is 13.0. The number of allylic oxidation sites excluding steroid dienone is 4. The first-order chi connectivity index (χ1) is 10.7. The molecule has 0 aromatic carbocycles. The van der Waals surface area contributed by atoms with Crippen LogP contribution in [0.3, 0.4) is 0 Å². The molecule has 0 spiro atoms. The van der Waals surface area contributed by atoms with Crippen molar-refractivity contribution in [1.29, 1.82) is 0 Å². The summed E-state index contributed by atoms with van der Waals surface area (Å²) in [6, 6.07) is 0. The van der Waals surface area contributed by atoms with Gasteiger partial charge in [-0.3, -0.25) is 9.11 Å². The van der Waals surface area contributed by atoms with Crippen molar-refractivity contribution in [1.82, 2.24) is 0 Å². The van der Waals surface area contributed by atoms with Crippen LogP contribution in [0.1, 0.15) is 13.8 Å². The van der Waals surface area contributed by atoms with Gasteiger partial charge in [-0.1, -0.05) is 12.2 Å². The van der Waals surface area contributed by atoms with Gasteiger partial charge in [-0.05, 0) is 49.3 Å². The van der Waals surface area contributed by atoms with Gasteiger partial charge < -0.3 is 11.5 Å². The molecule has 0 heterocycles. The predicted molar refractivity (Wildman–Crippen MR) is 89.8 cm³/mol. The first kappa shape index (κ1) is 18.5. The Kier molecular flexibility index (Phi) is 4.09. The highest BCUT2D eigenvalue weighted by Gasteiger charge is 2.48. The van der Waals surface area contributed by atoms with Crippen LogP contribution in [-0.2, 0) is 20.2 Å². The van der Waals surface area contributed by atoms with Crippen LogP contribution in [0.4, 0.5) is 0 Å². The van der Waals surface area contributed by atoms with Gasteiger partial charge >= 0.3 is 0 Å². The lowest BCUT2D eigenvalue weighted by Crippen LogP contribution is -2.43. The van der Waals surface area contributed by atoms with E-state index < -0.39 is 29.7 Å². The predicted octanol–water partition coefficient (Wildman–Crippen LogP) is 0.401. The second-order valence-electron chi connectivity index (χ2n) is 5.95. The Morgan fingerprint density at radius 1 is 0.750 bits per heavy atom. The zero-order chi connectivity index (χ0) is 18.6. The molecular weight excluding hydrogens is 356 g/mol. The van der Waals surface area contributed by atoms with Gasteiger partial charge in [0.25, 0.3) is 20.2 Å². The van der Waals surface area contributed by atoms with E-state index in [0.29, 0.717) is 0 Å². The van der Waals surface area contributed by atoms with Crippen molar-refractivity contribution in [3.63, 3.8) is 0 Å². The largest absolute Gasteiger partial charge is 0.399 e. The van der Waals surface area contributed by atoms with E-state index in [1.165, 1.54) is 38.2 Å². The average Bonchev–Trinajstić information content (AvgIpc) is 2.37. The Hall–Kier alpha value is -1.88. The Morgan fingerprint density at radius 3 is 1.29 bits per heavy atom. The minimum atomic E-state index is -4.69. The van der Waals surface area contributed by atoms with Crippen LogP contribution < -0.4 is 11.5 Å². The summed E-state index contributed by atoms with van der Waals surface area (Å²) >= 11 is 0. The van der Waals surface area contributed by atoms with Gasteiger partial charge in [-0.25, -0.2) is 0 Å². The van der Waals surface area contributed by atoms with E-state index in [-0.39, 0.29) is 22.5 Å². The number of nitrogens with two attached hydrogens (primary N) is 2. The fourth-order valence-electron chi connectivity index (χ4n) is 2.72. The van der Waals surface area contributed by atoms with E-state index in [1.54, 1.807) is 0 Å². The quantitative estimate of drug-likeness (QED) is 0.505. The molecule has 132 valence electrons. The SMILES string of the molecule is CC1(S(=O)(=O)O)C=C(N)C=CC1=C1C=CC(N)=CC1(C)S(=O)(=O)O. The summed E-state index contributed by atoms with van der Waals surface area (Å²) in [5, 5.41) is 0. The van der Waals surface area contributed by atoms with E-state index >= 15 is 0 Å². The molecule has 8 nitrogen and oxygen atoms in total. The van der Waals surface area contributed by atoms with Crippen molar-refractivity contribution in [2.45, 2.75) is 23.3 Å². The number of rotatable bonds is 2. The highest BCUT2D eigenvalue weighted by molar-refractivity contribution is 7.88. The lowest BCUT2D eigenvalue weighted by molar-refractivity contribution is 0.456. The van der Waals surface area contributed by atoms with Crippen molar-refractivity contribution < 1.29 is 25.9 Å². The van der Waals surface area contributed by atoms with Crippen LogP contribution in [-0.4, -0.2) is 35.4 Å². The molecule has 0 saturated heterocycles. The van der Waals surface area contributed by atoms with Gasteiger partial charge in [0, 0.05) is 11.4 Å². The smallest absolute Gasteiger partial charge is 0.278 e. The average molecular weight is 374 g/mol. The summed E-state index contributed by atoms with van der Waals surface area (Å²) in [5.41, 5.74) is 11.4. The molecule has 0 aliphatic heterocycles. The maximum absolute atomic E-state index is 11.9. The summed E-state index contributed by atoms with van der Waals surface area (Å²) in [5.74, 6) is 0. The van der Waals surface area contributed by atoms with Crippen LogP contribution in [0.15, 0.2) is 59.0 Å². The molecule has 2 unspecified atom stereocenters. The molecule has 0 amide bonds. The minimum absolute atomic E-state index is 0.0423. The second-order valence-corrected chi connectivity index (χ2v) is 9.54. The summed E-state index contributed by atoms with van der Waals surface area (Å²) < 4.78 is 63.1. The maximum Gasteiger partial charge on any atom is 0.278 e. The molecule has 2 atom stereocenters. The van der Waals surface area contributed by atoms with Crippen LogP contribution in [0, 0.1) is 0 Å². The molecular formula is C14H18N2O6S2. The van der Waals surface area contributed by atoms with E-state index in [1.807, 2.05) is 0 Å². The molecule has 2 aliphatic rings. The minimum Gasteiger partial charge on any atom is -0.399 e.